The molecule has 0 aromatic rings. The molecule has 1 rings (SSSR count). The molecule has 1 N–H and O–H groups in total. The van der Waals surface area contributed by atoms with E-state index in [4.69, 9.17) is 4.74 Å². The van der Waals surface area contributed by atoms with Crippen molar-refractivity contribution in [3.63, 3.8) is 0 Å². The molecule has 0 aromatic carbocycles. The van der Waals surface area contributed by atoms with Gasteiger partial charge in [-0.1, -0.05) is 6.92 Å². The van der Waals surface area contributed by atoms with Crippen LogP contribution in [0.3, 0.4) is 0 Å². The van der Waals surface area contributed by atoms with Crippen molar-refractivity contribution in [3.05, 3.63) is 0 Å². The summed E-state index contributed by atoms with van der Waals surface area (Å²) in [5.74, 6) is 0.626. The molecule has 1 saturated heterocycles. The lowest BCUT2D eigenvalue weighted by atomic mass is 10.0. The Morgan fingerprint density at radius 3 is 2.89 bits per heavy atom. The number of hydrogen-bond donors (Lipinski definition) is 1. The molecule has 0 aromatic heterocycles. The van der Waals surface area contributed by atoms with Crippen LogP contribution in [0.5, 0.6) is 0 Å². The molecule has 1 atom stereocenters. The third-order valence-corrected chi connectivity index (χ3v) is 3.15. The zero-order valence-electron chi connectivity index (χ0n) is 11.9. The fourth-order valence-corrected chi connectivity index (χ4v) is 2.06. The number of hydrogen-bond acceptors (Lipinski definition) is 3. The summed E-state index contributed by atoms with van der Waals surface area (Å²) in [5, 5.41) is 2.91. The third-order valence-electron chi connectivity index (χ3n) is 3.15. The fraction of sp³-hybridized carbons (Fsp3) is 0.923. The van der Waals surface area contributed by atoms with Gasteiger partial charge in [0.2, 0.25) is 0 Å². The Morgan fingerprint density at radius 1 is 1.44 bits per heavy atom. The van der Waals surface area contributed by atoms with Gasteiger partial charge < -0.3 is 19.9 Å². The highest BCUT2D eigenvalue weighted by Gasteiger charge is 2.20. The molecule has 0 spiro atoms. The number of likely N-dealkylation sites (N-methyl/N-ethyl adjacent to an activating group) is 1. The molecule has 1 fully saturated rings. The summed E-state index contributed by atoms with van der Waals surface area (Å²) in [5.41, 5.74) is 0. The molecule has 1 aliphatic heterocycles. The SMILES string of the molecule is CC1CCCN(C(=O)NCCOCCN(C)C)C1. The zero-order chi connectivity index (χ0) is 13.4. The Bertz CT molecular complexity index is 246. The molecule has 1 heterocycles. The molecular weight excluding hydrogens is 230 g/mol. The van der Waals surface area contributed by atoms with E-state index >= 15 is 0 Å². The van der Waals surface area contributed by atoms with Crippen molar-refractivity contribution in [1.82, 2.24) is 15.1 Å². The predicted molar refractivity (Wildman–Crippen MR) is 72.7 cm³/mol. The number of likely N-dealkylation sites (tertiary alicyclic amines) is 1. The lowest BCUT2D eigenvalue weighted by molar-refractivity contribution is 0.116. The predicted octanol–water partition coefficient (Wildman–Crippen LogP) is 1.01. The van der Waals surface area contributed by atoms with E-state index in [-0.39, 0.29) is 6.03 Å². The van der Waals surface area contributed by atoms with Gasteiger partial charge in [0.25, 0.3) is 0 Å². The topological polar surface area (TPSA) is 44.8 Å². The Morgan fingerprint density at radius 2 is 2.22 bits per heavy atom. The molecule has 106 valence electrons. The lowest BCUT2D eigenvalue weighted by Gasteiger charge is -2.30. The van der Waals surface area contributed by atoms with Gasteiger partial charge in [-0.15, -0.1) is 0 Å². The molecule has 2 amide bonds. The van der Waals surface area contributed by atoms with E-state index in [0.29, 0.717) is 25.7 Å². The van der Waals surface area contributed by atoms with Crippen LogP contribution in [0, 0.1) is 5.92 Å². The maximum absolute atomic E-state index is 11.8. The highest BCUT2D eigenvalue weighted by atomic mass is 16.5. The van der Waals surface area contributed by atoms with Gasteiger partial charge in [0.05, 0.1) is 13.2 Å². The number of carbonyl (C=O) groups is 1. The van der Waals surface area contributed by atoms with Gasteiger partial charge in [0, 0.05) is 26.2 Å². The second kappa shape index (κ2) is 8.32. The number of carbonyl (C=O) groups excluding carboxylic acids is 1. The minimum Gasteiger partial charge on any atom is -0.378 e. The van der Waals surface area contributed by atoms with Gasteiger partial charge in [-0.25, -0.2) is 4.79 Å². The number of nitrogens with one attached hydrogen (secondary N) is 1. The van der Waals surface area contributed by atoms with E-state index in [2.05, 4.69) is 17.1 Å². The molecule has 0 bridgehead atoms. The van der Waals surface area contributed by atoms with E-state index < -0.39 is 0 Å². The monoisotopic (exact) mass is 257 g/mol. The quantitative estimate of drug-likeness (QED) is 0.722. The van der Waals surface area contributed by atoms with E-state index in [1.807, 2.05) is 19.0 Å². The van der Waals surface area contributed by atoms with E-state index in [9.17, 15) is 4.79 Å². The fourth-order valence-electron chi connectivity index (χ4n) is 2.06. The molecule has 0 radical (unpaired) electrons. The van der Waals surface area contributed by atoms with Crippen molar-refractivity contribution in [1.29, 1.82) is 0 Å². The summed E-state index contributed by atoms with van der Waals surface area (Å²) < 4.78 is 5.43. The van der Waals surface area contributed by atoms with Gasteiger partial charge in [0.1, 0.15) is 0 Å². The van der Waals surface area contributed by atoms with Crippen LogP contribution in [0.1, 0.15) is 19.8 Å². The summed E-state index contributed by atoms with van der Waals surface area (Å²) in [6, 6.07) is 0.0535. The Kier molecular flexibility index (Phi) is 7.05. The lowest BCUT2D eigenvalue weighted by Crippen LogP contribution is -2.45. The van der Waals surface area contributed by atoms with Crippen LogP contribution in [0.25, 0.3) is 0 Å². The van der Waals surface area contributed by atoms with E-state index in [0.717, 1.165) is 26.1 Å². The van der Waals surface area contributed by atoms with Gasteiger partial charge >= 0.3 is 6.03 Å². The van der Waals surface area contributed by atoms with Gasteiger partial charge in [-0.2, -0.15) is 0 Å². The number of ether oxygens (including phenoxy) is 1. The Hall–Kier alpha value is -0.810. The van der Waals surface area contributed by atoms with Crippen molar-refractivity contribution < 1.29 is 9.53 Å². The second-order valence-electron chi connectivity index (χ2n) is 5.34. The molecule has 0 saturated carbocycles. The molecule has 5 heteroatoms. The minimum atomic E-state index is 0.0535. The highest BCUT2D eigenvalue weighted by molar-refractivity contribution is 5.74. The first kappa shape index (κ1) is 15.2. The molecule has 1 unspecified atom stereocenters. The van der Waals surface area contributed by atoms with E-state index in [1.165, 1.54) is 6.42 Å². The first-order chi connectivity index (χ1) is 8.59. The van der Waals surface area contributed by atoms with Gasteiger partial charge in [-0.3, -0.25) is 0 Å². The summed E-state index contributed by atoms with van der Waals surface area (Å²) in [6.45, 7) is 6.77. The summed E-state index contributed by atoms with van der Waals surface area (Å²) in [6.07, 6.45) is 2.35. The molecule has 0 aliphatic carbocycles. The number of amides is 2. The molecular formula is C13H27N3O2. The molecule has 18 heavy (non-hydrogen) atoms. The van der Waals surface area contributed by atoms with Gasteiger partial charge in [-0.05, 0) is 32.9 Å². The second-order valence-corrected chi connectivity index (χ2v) is 5.34. The standard InChI is InChI=1S/C13H27N3O2/c1-12-5-4-7-16(11-12)13(17)14-6-9-18-10-8-15(2)3/h12H,4-11H2,1-3H3,(H,14,17). The molecule has 1 aliphatic rings. The summed E-state index contributed by atoms with van der Waals surface area (Å²) >= 11 is 0. The van der Waals surface area contributed by atoms with Crippen LogP contribution < -0.4 is 5.32 Å². The van der Waals surface area contributed by atoms with E-state index in [1.54, 1.807) is 0 Å². The highest BCUT2D eigenvalue weighted by Crippen LogP contribution is 2.14. The normalized spacial score (nSPS) is 20.2. The number of urea groups is 1. The van der Waals surface area contributed by atoms with Crippen molar-refractivity contribution in [2.75, 3.05) is 53.5 Å². The summed E-state index contributed by atoms with van der Waals surface area (Å²) in [7, 11) is 4.03. The number of piperidine rings is 1. The van der Waals surface area contributed by atoms with Crippen LogP contribution in [-0.2, 0) is 4.74 Å². The van der Waals surface area contributed by atoms with Crippen molar-refractivity contribution in [3.8, 4) is 0 Å². The summed E-state index contributed by atoms with van der Waals surface area (Å²) in [4.78, 5) is 15.8. The molecule has 5 nitrogen and oxygen atoms in total. The maximum Gasteiger partial charge on any atom is 0.317 e. The number of rotatable bonds is 6. The van der Waals surface area contributed by atoms with Crippen molar-refractivity contribution in [2.45, 2.75) is 19.8 Å². The number of nitrogens with zero attached hydrogens (tertiary/aromatic N) is 2. The first-order valence-corrected chi connectivity index (χ1v) is 6.85. The minimum absolute atomic E-state index is 0.0535. The zero-order valence-corrected chi connectivity index (χ0v) is 11.9. The maximum atomic E-state index is 11.8. The average Bonchev–Trinajstić information content (AvgIpc) is 2.33. The van der Waals surface area contributed by atoms with Crippen molar-refractivity contribution in [2.24, 2.45) is 5.92 Å². The first-order valence-electron chi connectivity index (χ1n) is 6.85. The smallest absolute Gasteiger partial charge is 0.317 e. The van der Waals surface area contributed by atoms with Crippen molar-refractivity contribution >= 4 is 6.03 Å². The third kappa shape index (κ3) is 6.21. The van der Waals surface area contributed by atoms with Crippen LogP contribution in [-0.4, -0.2) is 69.3 Å². The Labute approximate surface area is 110 Å². The van der Waals surface area contributed by atoms with Gasteiger partial charge in [0.15, 0.2) is 0 Å². The van der Waals surface area contributed by atoms with Crippen LogP contribution in [0.4, 0.5) is 4.79 Å². The largest absolute Gasteiger partial charge is 0.378 e. The average molecular weight is 257 g/mol. The van der Waals surface area contributed by atoms with Crippen LogP contribution >= 0.6 is 0 Å². The van der Waals surface area contributed by atoms with Crippen LogP contribution in [0.15, 0.2) is 0 Å². The van der Waals surface area contributed by atoms with Crippen LogP contribution in [0.2, 0.25) is 0 Å². The Balaban J connectivity index is 2.02.